The lowest BCUT2D eigenvalue weighted by Gasteiger charge is -2.01. The molecule has 2 aromatic heterocycles. The van der Waals surface area contributed by atoms with E-state index in [0.717, 1.165) is 10.0 Å². The van der Waals surface area contributed by atoms with Gasteiger partial charge in [-0.05, 0) is 36.8 Å². The number of carbonyl (C=O) groups excluding carboxylic acids is 1. The van der Waals surface area contributed by atoms with Gasteiger partial charge in [0.05, 0.1) is 17.7 Å². The van der Waals surface area contributed by atoms with Crippen LogP contribution in [-0.4, -0.2) is 26.8 Å². The summed E-state index contributed by atoms with van der Waals surface area (Å²) in [4.78, 5) is 22.8. The number of amides is 1. The Morgan fingerprint density at radius 1 is 1.37 bits per heavy atom. The van der Waals surface area contributed by atoms with Crippen molar-refractivity contribution >= 4 is 33.7 Å². The molecule has 9 nitrogen and oxygen atoms in total. The van der Waals surface area contributed by atoms with Gasteiger partial charge in [0.2, 0.25) is 5.69 Å². The number of furan rings is 1. The number of nitrogens with zero attached hydrogens (tertiary/aromatic N) is 4. The summed E-state index contributed by atoms with van der Waals surface area (Å²) in [5.74, 6) is 0.365. The Morgan fingerprint density at radius 3 is 2.74 bits per heavy atom. The lowest BCUT2D eigenvalue weighted by Crippen LogP contribution is -2.19. The zero-order chi connectivity index (χ0) is 19.4. The van der Waals surface area contributed by atoms with Gasteiger partial charge >= 0.3 is 5.69 Å². The van der Waals surface area contributed by atoms with Gasteiger partial charge in [-0.25, -0.2) is 5.43 Å². The molecule has 1 amide bonds. The highest BCUT2D eigenvalue weighted by Gasteiger charge is 2.25. The first-order chi connectivity index (χ1) is 12.9. The van der Waals surface area contributed by atoms with Crippen LogP contribution in [0.4, 0.5) is 5.69 Å². The standard InChI is InChI=1S/C17H14BrN5O4/c1-11-2-7-14(27-11)8-19-20-17(24)16-15(23(25)26)10-22(21-16)9-12-3-5-13(18)6-4-12/h2-8,10H,9H2,1H3,(H,20,24)/b19-8-. The van der Waals surface area contributed by atoms with E-state index in [1.54, 1.807) is 19.1 Å². The van der Waals surface area contributed by atoms with E-state index in [1.807, 2.05) is 24.3 Å². The molecule has 0 spiro atoms. The highest BCUT2D eigenvalue weighted by Crippen LogP contribution is 2.18. The highest BCUT2D eigenvalue weighted by molar-refractivity contribution is 9.10. The Balaban J connectivity index is 1.75. The minimum absolute atomic E-state index is 0.288. The van der Waals surface area contributed by atoms with Gasteiger partial charge in [-0.15, -0.1) is 0 Å². The number of aromatic nitrogens is 2. The normalized spacial score (nSPS) is 11.0. The summed E-state index contributed by atoms with van der Waals surface area (Å²) in [5.41, 5.74) is 2.39. The summed E-state index contributed by atoms with van der Waals surface area (Å²) >= 11 is 3.34. The van der Waals surface area contributed by atoms with Gasteiger partial charge in [-0.2, -0.15) is 10.2 Å². The molecule has 0 radical (unpaired) electrons. The molecule has 0 saturated heterocycles. The molecule has 0 aliphatic heterocycles. The van der Waals surface area contributed by atoms with E-state index in [1.165, 1.54) is 17.1 Å². The number of hydrogen-bond acceptors (Lipinski definition) is 6. The monoisotopic (exact) mass is 431 g/mol. The number of aryl methyl sites for hydroxylation is 1. The maximum absolute atomic E-state index is 12.2. The van der Waals surface area contributed by atoms with Crippen LogP contribution >= 0.6 is 15.9 Å². The van der Waals surface area contributed by atoms with Crippen molar-refractivity contribution in [2.24, 2.45) is 5.10 Å². The minimum Gasteiger partial charge on any atom is -0.460 e. The molecular weight excluding hydrogens is 418 g/mol. The number of hydrazone groups is 1. The maximum Gasteiger partial charge on any atom is 0.320 e. The Morgan fingerprint density at radius 2 is 2.11 bits per heavy atom. The molecule has 0 fully saturated rings. The average molecular weight is 432 g/mol. The molecule has 0 unspecified atom stereocenters. The van der Waals surface area contributed by atoms with Gasteiger partial charge in [-0.3, -0.25) is 19.6 Å². The average Bonchev–Trinajstić information content (AvgIpc) is 3.23. The van der Waals surface area contributed by atoms with Crippen LogP contribution in [0.2, 0.25) is 0 Å². The van der Waals surface area contributed by atoms with Crippen LogP contribution in [0.1, 0.15) is 27.6 Å². The van der Waals surface area contributed by atoms with Crippen molar-refractivity contribution < 1.29 is 14.1 Å². The highest BCUT2D eigenvalue weighted by atomic mass is 79.9. The van der Waals surface area contributed by atoms with Crippen LogP contribution in [0.5, 0.6) is 0 Å². The predicted molar refractivity (Wildman–Crippen MR) is 101 cm³/mol. The second-order valence-electron chi connectivity index (χ2n) is 5.59. The van der Waals surface area contributed by atoms with Crippen LogP contribution in [-0.2, 0) is 6.54 Å². The third-order valence-corrected chi connectivity index (χ3v) is 4.06. The predicted octanol–water partition coefficient (Wildman–Crippen LogP) is 3.27. The van der Waals surface area contributed by atoms with Gasteiger partial charge in [0.15, 0.2) is 0 Å². The summed E-state index contributed by atoms with van der Waals surface area (Å²) in [5, 5.41) is 19.0. The van der Waals surface area contributed by atoms with Gasteiger partial charge in [0.1, 0.15) is 17.7 Å². The van der Waals surface area contributed by atoms with Crippen molar-refractivity contribution in [2.45, 2.75) is 13.5 Å². The molecule has 27 heavy (non-hydrogen) atoms. The Bertz CT molecular complexity index is 1010. The van der Waals surface area contributed by atoms with E-state index >= 15 is 0 Å². The van der Waals surface area contributed by atoms with Crippen molar-refractivity contribution in [3.8, 4) is 0 Å². The molecule has 0 aliphatic rings. The molecule has 2 heterocycles. The van der Waals surface area contributed by atoms with E-state index in [0.29, 0.717) is 11.5 Å². The zero-order valence-electron chi connectivity index (χ0n) is 14.1. The molecule has 10 heteroatoms. The van der Waals surface area contributed by atoms with Crippen LogP contribution in [0.3, 0.4) is 0 Å². The maximum atomic E-state index is 12.2. The molecule has 3 aromatic rings. The van der Waals surface area contributed by atoms with Crippen molar-refractivity contribution in [1.82, 2.24) is 15.2 Å². The van der Waals surface area contributed by atoms with Crippen LogP contribution in [0.25, 0.3) is 0 Å². The van der Waals surface area contributed by atoms with E-state index in [9.17, 15) is 14.9 Å². The molecule has 0 atom stereocenters. The lowest BCUT2D eigenvalue weighted by molar-refractivity contribution is -0.385. The third kappa shape index (κ3) is 4.67. The quantitative estimate of drug-likeness (QED) is 0.365. The van der Waals surface area contributed by atoms with Crippen LogP contribution in [0.15, 0.2) is 56.6 Å². The van der Waals surface area contributed by atoms with Gasteiger partial charge in [0.25, 0.3) is 5.91 Å². The number of rotatable bonds is 6. The first-order valence-electron chi connectivity index (χ1n) is 7.78. The van der Waals surface area contributed by atoms with Crippen LogP contribution < -0.4 is 5.43 Å². The van der Waals surface area contributed by atoms with Gasteiger partial charge in [-0.1, -0.05) is 28.1 Å². The number of carbonyl (C=O) groups is 1. The third-order valence-electron chi connectivity index (χ3n) is 3.53. The van der Waals surface area contributed by atoms with E-state index in [-0.39, 0.29) is 12.2 Å². The Kier molecular flexibility index (Phi) is 5.46. The number of halogens is 1. The molecule has 138 valence electrons. The van der Waals surface area contributed by atoms with Crippen molar-refractivity contribution in [3.63, 3.8) is 0 Å². The fourth-order valence-electron chi connectivity index (χ4n) is 2.29. The molecule has 1 N–H and O–H groups in total. The molecule has 0 bridgehead atoms. The lowest BCUT2D eigenvalue weighted by atomic mass is 10.2. The first-order valence-corrected chi connectivity index (χ1v) is 8.58. The minimum atomic E-state index is -0.782. The van der Waals surface area contributed by atoms with Gasteiger partial charge in [0, 0.05) is 4.47 Å². The summed E-state index contributed by atoms with van der Waals surface area (Å²) in [6.45, 7) is 2.06. The molecule has 0 saturated carbocycles. The van der Waals surface area contributed by atoms with Crippen molar-refractivity contribution in [1.29, 1.82) is 0 Å². The first kappa shape index (κ1) is 18.5. The molecular formula is C17H14BrN5O4. The van der Waals surface area contributed by atoms with E-state index in [4.69, 9.17) is 4.42 Å². The Labute approximate surface area is 162 Å². The number of nitrogens with one attached hydrogen (secondary N) is 1. The SMILES string of the molecule is Cc1ccc(/C=N\NC(=O)c2nn(Cc3ccc(Br)cc3)cc2[N+](=O)[O-])o1. The fraction of sp³-hybridized carbons (Fsp3) is 0.118. The fourth-order valence-corrected chi connectivity index (χ4v) is 2.56. The van der Waals surface area contributed by atoms with Crippen LogP contribution in [0, 0.1) is 17.0 Å². The number of nitro groups is 1. The molecule has 3 rings (SSSR count). The summed E-state index contributed by atoms with van der Waals surface area (Å²) in [6.07, 6.45) is 2.52. The Hall–Kier alpha value is -3.27. The largest absolute Gasteiger partial charge is 0.460 e. The second-order valence-corrected chi connectivity index (χ2v) is 6.51. The zero-order valence-corrected chi connectivity index (χ0v) is 15.7. The number of hydrogen-bond donors (Lipinski definition) is 1. The van der Waals surface area contributed by atoms with E-state index in [2.05, 4.69) is 31.6 Å². The molecule has 1 aromatic carbocycles. The summed E-state index contributed by atoms with van der Waals surface area (Å²) in [6, 6.07) is 10.8. The van der Waals surface area contributed by atoms with Gasteiger partial charge < -0.3 is 4.42 Å². The van der Waals surface area contributed by atoms with Crippen molar-refractivity contribution in [2.75, 3.05) is 0 Å². The number of benzene rings is 1. The molecule has 0 aliphatic carbocycles. The summed E-state index contributed by atoms with van der Waals surface area (Å²) in [7, 11) is 0. The summed E-state index contributed by atoms with van der Waals surface area (Å²) < 4.78 is 7.54. The smallest absolute Gasteiger partial charge is 0.320 e. The second kappa shape index (κ2) is 7.96. The van der Waals surface area contributed by atoms with E-state index < -0.39 is 16.5 Å². The van der Waals surface area contributed by atoms with Crippen molar-refractivity contribution in [3.05, 3.63) is 80.0 Å². The topological polar surface area (TPSA) is 116 Å².